The molecule has 0 fully saturated rings. The van der Waals surface area contributed by atoms with Crippen LogP contribution in [-0.2, 0) is 0 Å². The highest BCUT2D eigenvalue weighted by Crippen LogP contribution is 2.17. The summed E-state index contributed by atoms with van der Waals surface area (Å²) in [4.78, 5) is 16.2. The molecule has 0 amide bonds. The van der Waals surface area contributed by atoms with Crippen LogP contribution in [0.1, 0.15) is 11.5 Å². The average Bonchev–Trinajstić information content (AvgIpc) is 2.53. The van der Waals surface area contributed by atoms with E-state index in [1.807, 2.05) is 24.3 Å². The fourth-order valence-electron chi connectivity index (χ4n) is 2.02. The van der Waals surface area contributed by atoms with Gasteiger partial charge in [0, 0.05) is 11.1 Å². The van der Waals surface area contributed by atoms with Crippen molar-refractivity contribution in [3.8, 4) is 5.75 Å². The minimum Gasteiger partial charge on any atom is -0.497 e. The van der Waals surface area contributed by atoms with Gasteiger partial charge in [-0.25, -0.2) is 9.78 Å². The summed E-state index contributed by atoms with van der Waals surface area (Å²) in [6.07, 6.45) is 3.45. The van der Waals surface area contributed by atoms with Gasteiger partial charge in [-0.2, -0.15) is 0 Å². The Bertz CT molecular complexity index is 898. The van der Waals surface area contributed by atoms with Gasteiger partial charge >= 0.3 is 5.63 Å². The lowest BCUT2D eigenvalue weighted by Gasteiger charge is -2.00. The van der Waals surface area contributed by atoms with Crippen molar-refractivity contribution in [3.63, 3.8) is 0 Å². The Hall–Kier alpha value is -2.59. The second-order valence-corrected chi connectivity index (χ2v) is 5.04. The van der Waals surface area contributed by atoms with Crippen molar-refractivity contribution in [1.82, 2.24) is 4.98 Å². The molecule has 110 valence electrons. The largest absolute Gasteiger partial charge is 0.497 e. The van der Waals surface area contributed by atoms with E-state index < -0.39 is 5.63 Å². The lowest BCUT2D eigenvalue weighted by molar-refractivity contribution is 0.415. The zero-order chi connectivity index (χ0) is 15.5. The van der Waals surface area contributed by atoms with E-state index in [4.69, 9.17) is 20.8 Å². The lowest BCUT2D eigenvalue weighted by Crippen LogP contribution is -2.02. The maximum atomic E-state index is 11.9. The Kier molecular flexibility index (Phi) is 3.94. The van der Waals surface area contributed by atoms with Crippen molar-refractivity contribution in [2.75, 3.05) is 7.11 Å². The number of hydrogen-bond donors (Lipinski definition) is 0. The van der Waals surface area contributed by atoms with Gasteiger partial charge in [-0.15, -0.1) is 0 Å². The molecule has 0 N–H and O–H groups in total. The smallest absolute Gasteiger partial charge is 0.347 e. The van der Waals surface area contributed by atoms with E-state index in [-0.39, 0.29) is 5.89 Å². The van der Waals surface area contributed by atoms with Gasteiger partial charge in [0.2, 0.25) is 5.89 Å². The third kappa shape index (κ3) is 3.02. The lowest BCUT2D eigenvalue weighted by atomic mass is 10.2. The molecular weight excluding hydrogens is 302 g/mol. The second-order valence-electron chi connectivity index (χ2n) is 4.61. The predicted octanol–water partition coefficient (Wildman–Crippen LogP) is 4.02. The topological polar surface area (TPSA) is 52.3 Å². The number of nitrogens with zero attached hydrogens (tertiary/aromatic N) is 1. The molecule has 1 aromatic heterocycles. The summed E-state index contributed by atoms with van der Waals surface area (Å²) < 4.78 is 10.3. The quantitative estimate of drug-likeness (QED) is 0.733. The molecule has 0 aliphatic heterocycles. The predicted molar refractivity (Wildman–Crippen MR) is 87.2 cm³/mol. The number of rotatable bonds is 3. The maximum Gasteiger partial charge on any atom is 0.347 e. The molecule has 0 saturated carbocycles. The van der Waals surface area contributed by atoms with Crippen LogP contribution in [0, 0.1) is 0 Å². The third-order valence-electron chi connectivity index (χ3n) is 3.14. The Morgan fingerprint density at radius 3 is 2.64 bits per heavy atom. The molecule has 0 atom stereocenters. The summed E-state index contributed by atoms with van der Waals surface area (Å²) in [7, 11) is 1.61. The van der Waals surface area contributed by atoms with Crippen molar-refractivity contribution in [3.05, 3.63) is 69.4 Å². The van der Waals surface area contributed by atoms with Crippen molar-refractivity contribution < 1.29 is 9.15 Å². The first kappa shape index (κ1) is 14.4. The summed E-state index contributed by atoms with van der Waals surface area (Å²) in [5, 5.41) is 0.932. The van der Waals surface area contributed by atoms with Crippen LogP contribution < -0.4 is 10.4 Å². The van der Waals surface area contributed by atoms with Gasteiger partial charge in [-0.05, 0) is 42.0 Å². The van der Waals surface area contributed by atoms with Crippen molar-refractivity contribution in [2.45, 2.75) is 0 Å². The first-order valence-corrected chi connectivity index (χ1v) is 6.96. The van der Waals surface area contributed by atoms with E-state index >= 15 is 0 Å². The van der Waals surface area contributed by atoms with Crippen LogP contribution in [0.25, 0.3) is 23.1 Å². The first-order valence-electron chi connectivity index (χ1n) is 6.58. The van der Waals surface area contributed by atoms with Crippen LogP contribution in [0.4, 0.5) is 0 Å². The van der Waals surface area contributed by atoms with Crippen LogP contribution in [0.5, 0.6) is 5.75 Å². The number of fused-ring (bicyclic) bond motifs is 1. The highest BCUT2D eigenvalue weighted by Gasteiger charge is 2.04. The molecule has 3 aromatic rings. The van der Waals surface area contributed by atoms with Crippen molar-refractivity contribution >= 4 is 34.7 Å². The molecular formula is C17H12ClNO3. The van der Waals surface area contributed by atoms with Gasteiger partial charge < -0.3 is 9.15 Å². The van der Waals surface area contributed by atoms with E-state index in [9.17, 15) is 4.79 Å². The van der Waals surface area contributed by atoms with Crippen LogP contribution >= 0.6 is 11.6 Å². The highest BCUT2D eigenvalue weighted by molar-refractivity contribution is 6.31. The fraction of sp³-hybridized carbons (Fsp3) is 0.0588. The molecule has 0 spiro atoms. The van der Waals surface area contributed by atoms with Gasteiger partial charge in [0.1, 0.15) is 5.75 Å². The SMILES string of the molecule is COc1ccc(/C=C/c2nc3cc(Cl)ccc3c(=O)o2)cc1. The standard InChI is InChI=1S/C17H12ClNO3/c1-21-13-6-2-11(3-7-13)4-9-16-19-15-10-12(18)5-8-14(15)17(20)22-16/h2-10H,1H3/b9-4+. The van der Waals surface area contributed by atoms with Crippen LogP contribution in [0.2, 0.25) is 5.02 Å². The summed E-state index contributed by atoms with van der Waals surface area (Å²) >= 11 is 5.92. The zero-order valence-corrected chi connectivity index (χ0v) is 12.5. The summed E-state index contributed by atoms with van der Waals surface area (Å²) in [6, 6.07) is 12.4. The van der Waals surface area contributed by atoms with E-state index in [1.165, 1.54) is 0 Å². The van der Waals surface area contributed by atoms with Gasteiger partial charge in [0.15, 0.2) is 0 Å². The number of benzene rings is 2. The Morgan fingerprint density at radius 1 is 1.14 bits per heavy atom. The van der Waals surface area contributed by atoms with Gasteiger partial charge in [-0.1, -0.05) is 23.7 Å². The molecule has 22 heavy (non-hydrogen) atoms. The molecule has 0 saturated heterocycles. The third-order valence-corrected chi connectivity index (χ3v) is 3.38. The summed E-state index contributed by atoms with van der Waals surface area (Å²) in [5.74, 6) is 1.01. The van der Waals surface area contributed by atoms with E-state index in [2.05, 4.69) is 4.98 Å². The number of aromatic nitrogens is 1. The van der Waals surface area contributed by atoms with Crippen molar-refractivity contribution in [1.29, 1.82) is 0 Å². The van der Waals surface area contributed by atoms with Crippen molar-refractivity contribution in [2.24, 2.45) is 0 Å². The zero-order valence-electron chi connectivity index (χ0n) is 11.7. The van der Waals surface area contributed by atoms with E-state index in [0.717, 1.165) is 11.3 Å². The molecule has 3 rings (SSSR count). The monoisotopic (exact) mass is 313 g/mol. The molecule has 1 heterocycles. The summed E-state index contributed by atoms with van der Waals surface area (Å²) in [6.45, 7) is 0. The van der Waals surface area contributed by atoms with Crippen LogP contribution in [0.3, 0.4) is 0 Å². The van der Waals surface area contributed by atoms with Crippen LogP contribution in [-0.4, -0.2) is 12.1 Å². The molecule has 5 heteroatoms. The fourth-order valence-corrected chi connectivity index (χ4v) is 2.18. The number of ether oxygens (including phenoxy) is 1. The van der Waals surface area contributed by atoms with Crippen LogP contribution in [0.15, 0.2) is 51.7 Å². The normalized spacial score (nSPS) is 11.2. The molecule has 0 bridgehead atoms. The molecule has 4 nitrogen and oxygen atoms in total. The minimum absolute atomic E-state index is 0.232. The van der Waals surface area contributed by atoms with Gasteiger partial charge in [0.05, 0.1) is 18.0 Å². The molecule has 0 aliphatic rings. The van der Waals surface area contributed by atoms with E-state index in [0.29, 0.717) is 15.9 Å². The molecule has 0 radical (unpaired) electrons. The van der Waals surface area contributed by atoms with E-state index in [1.54, 1.807) is 37.5 Å². The maximum absolute atomic E-state index is 11.9. The molecule has 0 aliphatic carbocycles. The Balaban J connectivity index is 1.95. The minimum atomic E-state index is -0.434. The summed E-state index contributed by atoms with van der Waals surface area (Å²) in [5.41, 5.74) is 1.02. The number of halogens is 1. The number of hydrogen-bond acceptors (Lipinski definition) is 4. The van der Waals surface area contributed by atoms with Gasteiger partial charge in [0.25, 0.3) is 0 Å². The highest BCUT2D eigenvalue weighted by atomic mass is 35.5. The Labute approximate surface area is 131 Å². The second kappa shape index (κ2) is 6.03. The number of methoxy groups -OCH3 is 1. The molecule has 0 unspecified atom stereocenters. The average molecular weight is 314 g/mol. The molecule has 2 aromatic carbocycles. The first-order chi connectivity index (χ1) is 10.7. The van der Waals surface area contributed by atoms with Gasteiger partial charge in [-0.3, -0.25) is 0 Å². The Morgan fingerprint density at radius 2 is 1.91 bits per heavy atom.